The highest BCUT2D eigenvalue weighted by Crippen LogP contribution is 2.31. The molecule has 0 unspecified atom stereocenters. The van der Waals surface area contributed by atoms with Gasteiger partial charge in [0, 0.05) is 25.2 Å². The van der Waals surface area contributed by atoms with E-state index in [4.69, 9.17) is 16.3 Å². The van der Waals surface area contributed by atoms with E-state index in [1.165, 1.54) is 0 Å². The molecule has 0 radical (unpaired) electrons. The van der Waals surface area contributed by atoms with Crippen LogP contribution in [0.5, 0.6) is 0 Å². The summed E-state index contributed by atoms with van der Waals surface area (Å²) in [6.07, 6.45) is 1.36. The third-order valence-corrected chi connectivity index (χ3v) is 5.46. The van der Waals surface area contributed by atoms with Gasteiger partial charge in [0.25, 0.3) is 11.8 Å². The molecule has 0 spiro atoms. The third kappa shape index (κ3) is 3.77. The fraction of sp³-hybridized carbons (Fsp3) is 0.364. The summed E-state index contributed by atoms with van der Waals surface area (Å²) in [4.78, 5) is 44.3. The van der Waals surface area contributed by atoms with Crippen LogP contribution in [0.3, 0.4) is 0 Å². The van der Waals surface area contributed by atoms with Gasteiger partial charge < -0.3 is 9.64 Å². The van der Waals surface area contributed by atoms with E-state index in [-0.39, 0.29) is 30.4 Å². The molecule has 1 aromatic heterocycles. The predicted octanol–water partition coefficient (Wildman–Crippen LogP) is 3.87. The van der Waals surface area contributed by atoms with E-state index in [1.54, 1.807) is 41.4 Å². The Labute approximate surface area is 179 Å². The topological polar surface area (TPSA) is 79.8 Å². The monoisotopic (exact) mass is 427 g/mol. The van der Waals surface area contributed by atoms with E-state index in [9.17, 15) is 14.4 Å². The Kier molecular flexibility index (Phi) is 5.02. The highest BCUT2D eigenvalue weighted by atomic mass is 35.5. The number of ether oxygens (including phenoxy) is 1. The molecule has 0 N–H and O–H groups in total. The van der Waals surface area contributed by atoms with E-state index < -0.39 is 5.60 Å². The van der Waals surface area contributed by atoms with Gasteiger partial charge in [-0.1, -0.05) is 23.7 Å². The van der Waals surface area contributed by atoms with Crippen molar-refractivity contribution in [3.63, 3.8) is 0 Å². The van der Waals surface area contributed by atoms with Crippen LogP contribution in [0.4, 0.5) is 4.79 Å². The van der Waals surface area contributed by atoms with Crippen molar-refractivity contribution in [1.29, 1.82) is 0 Å². The van der Waals surface area contributed by atoms with Crippen LogP contribution < -0.4 is 0 Å². The first-order chi connectivity index (χ1) is 14.1. The van der Waals surface area contributed by atoms with Crippen LogP contribution in [0.1, 0.15) is 58.7 Å². The molecule has 4 rings (SSSR count). The van der Waals surface area contributed by atoms with Gasteiger partial charge in [-0.2, -0.15) is 0 Å². The van der Waals surface area contributed by atoms with Crippen LogP contribution in [0, 0.1) is 0 Å². The molecule has 1 aromatic carbocycles. The Morgan fingerprint density at radius 1 is 1.17 bits per heavy atom. The number of imide groups is 1. The van der Waals surface area contributed by atoms with E-state index >= 15 is 0 Å². The molecule has 1 saturated heterocycles. The minimum atomic E-state index is -0.529. The summed E-state index contributed by atoms with van der Waals surface area (Å²) in [5, 5.41) is 0.389. The van der Waals surface area contributed by atoms with Gasteiger partial charge in [0.15, 0.2) is 0 Å². The molecule has 0 saturated carbocycles. The Bertz CT molecular complexity index is 1010. The Morgan fingerprint density at radius 2 is 1.77 bits per heavy atom. The van der Waals surface area contributed by atoms with Gasteiger partial charge in [-0.25, -0.2) is 4.79 Å². The van der Waals surface area contributed by atoms with Crippen molar-refractivity contribution >= 4 is 29.5 Å². The van der Waals surface area contributed by atoms with Crippen LogP contribution in [0.15, 0.2) is 36.5 Å². The van der Waals surface area contributed by atoms with E-state index in [0.29, 0.717) is 34.9 Å². The van der Waals surface area contributed by atoms with Crippen LogP contribution in [-0.4, -0.2) is 51.4 Å². The first-order valence-corrected chi connectivity index (χ1v) is 10.1. The highest BCUT2D eigenvalue weighted by Gasteiger charge is 2.37. The lowest BCUT2D eigenvalue weighted by atomic mass is 9.93. The van der Waals surface area contributed by atoms with E-state index in [1.807, 2.05) is 20.8 Å². The van der Waals surface area contributed by atoms with Crippen molar-refractivity contribution in [3.8, 4) is 0 Å². The molecule has 3 amide bonds. The second-order valence-electron chi connectivity index (χ2n) is 8.52. The molecule has 30 heavy (non-hydrogen) atoms. The number of likely N-dealkylation sites (tertiary alicyclic amines) is 1. The Balaban J connectivity index is 1.41. The van der Waals surface area contributed by atoms with E-state index in [2.05, 4.69) is 4.98 Å². The van der Waals surface area contributed by atoms with Crippen molar-refractivity contribution in [3.05, 3.63) is 63.9 Å². The predicted molar refractivity (Wildman–Crippen MR) is 110 cm³/mol. The Morgan fingerprint density at radius 3 is 2.30 bits per heavy atom. The first-order valence-electron chi connectivity index (χ1n) is 9.71. The number of fused-ring (bicyclic) bond motifs is 1. The van der Waals surface area contributed by atoms with Gasteiger partial charge in [0.05, 0.1) is 28.4 Å². The highest BCUT2D eigenvalue weighted by molar-refractivity contribution is 6.31. The zero-order valence-corrected chi connectivity index (χ0v) is 17.8. The fourth-order valence-corrected chi connectivity index (χ4v) is 3.75. The van der Waals surface area contributed by atoms with Crippen LogP contribution in [0.25, 0.3) is 0 Å². The summed E-state index contributed by atoms with van der Waals surface area (Å²) in [7, 11) is 0. The molecule has 0 aliphatic carbocycles. The molecule has 0 atom stereocenters. The van der Waals surface area contributed by atoms with Crippen molar-refractivity contribution in [2.45, 2.75) is 38.8 Å². The second kappa shape index (κ2) is 7.40. The average Bonchev–Trinajstić information content (AvgIpc) is 2.86. The smallest absolute Gasteiger partial charge is 0.410 e. The molecule has 2 aromatic rings. The zero-order chi connectivity index (χ0) is 21.6. The van der Waals surface area contributed by atoms with Gasteiger partial charge in [-0.05, 0) is 44.5 Å². The number of rotatable bonds is 3. The quantitative estimate of drug-likeness (QED) is 0.695. The molecule has 8 heteroatoms. The fourth-order valence-electron chi connectivity index (χ4n) is 3.52. The third-order valence-electron chi connectivity index (χ3n) is 5.13. The molecule has 7 nitrogen and oxygen atoms in total. The number of aromatic nitrogens is 1. The van der Waals surface area contributed by atoms with Crippen LogP contribution in [-0.2, 0) is 11.3 Å². The number of hydrogen-bond acceptors (Lipinski definition) is 5. The van der Waals surface area contributed by atoms with E-state index in [0.717, 1.165) is 10.5 Å². The van der Waals surface area contributed by atoms with Gasteiger partial charge in [0.1, 0.15) is 5.60 Å². The normalized spacial score (nSPS) is 16.5. The molecule has 0 bridgehead atoms. The molecular formula is C22H22ClN3O4. The van der Waals surface area contributed by atoms with Gasteiger partial charge >= 0.3 is 6.09 Å². The molecule has 1 fully saturated rings. The van der Waals surface area contributed by atoms with Crippen molar-refractivity contribution in [2.75, 3.05) is 13.1 Å². The first kappa shape index (κ1) is 20.3. The number of amides is 3. The second-order valence-corrected chi connectivity index (χ2v) is 8.93. The minimum Gasteiger partial charge on any atom is -0.444 e. The summed E-state index contributed by atoms with van der Waals surface area (Å²) in [6.45, 7) is 6.58. The number of carbonyl (C=O) groups is 3. The van der Waals surface area contributed by atoms with Crippen molar-refractivity contribution in [1.82, 2.24) is 14.8 Å². The number of hydrogen-bond donors (Lipinski definition) is 0. The lowest BCUT2D eigenvalue weighted by Crippen LogP contribution is -2.50. The molecule has 2 aliphatic rings. The maximum Gasteiger partial charge on any atom is 0.410 e. The SMILES string of the molecule is CC(C)(C)OC(=O)N1CC(c2cnc(CN3C(=O)c4ccccc4C3=O)c(Cl)c2)C1. The summed E-state index contributed by atoms with van der Waals surface area (Å²) in [5.41, 5.74) is 1.63. The van der Waals surface area contributed by atoms with Crippen LogP contribution in [0.2, 0.25) is 5.02 Å². The summed E-state index contributed by atoms with van der Waals surface area (Å²) in [6, 6.07) is 8.53. The molecule has 3 heterocycles. The molecule has 2 aliphatic heterocycles. The summed E-state index contributed by atoms with van der Waals surface area (Å²) >= 11 is 6.41. The molecule has 156 valence electrons. The summed E-state index contributed by atoms with van der Waals surface area (Å²) < 4.78 is 5.37. The minimum absolute atomic E-state index is 0.0140. The maximum absolute atomic E-state index is 12.5. The Hall–Kier alpha value is -2.93. The van der Waals surface area contributed by atoms with Gasteiger partial charge in [0.2, 0.25) is 0 Å². The number of halogens is 1. The summed E-state index contributed by atoms with van der Waals surface area (Å²) in [5.74, 6) is -0.565. The molecular weight excluding hydrogens is 406 g/mol. The average molecular weight is 428 g/mol. The zero-order valence-electron chi connectivity index (χ0n) is 17.0. The van der Waals surface area contributed by atoms with Crippen LogP contribution >= 0.6 is 11.6 Å². The lowest BCUT2D eigenvalue weighted by Gasteiger charge is -2.40. The van der Waals surface area contributed by atoms with Crippen molar-refractivity contribution < 1.29 is 19.1 Å². The maximum atomic E-state index is 12.5. The number of carbonyl (C=O) groups excluding carboxylic acids is 3. The largest absolute Gasteiger partial charge is 0.444 e. The van der Waals surface area contributed by atoms with Crippen molar-refractivity contribution in [2.24, 2.45) is 0 Å². The number of benzene rings is 1. The standard InChI is InChI=1S/C22H22ClN3O4/c1-22(2,3)30-21(29)25-10-14(11-25)13-8-17(23)18(24-9-13)12-26-19(27)15-6-4-5-7-16(15)20(26)28/h4-9,14H,10-12H2,1-3H3. The number of pyridine rings is 1. The number of nitrogens with zero attached hydrogens (tertiary/aromatic N) is 3. The lowest BCUT2D eigenvalue weighted by molar-refractivity contribution is 0.00815. The van der Waals surface area contributed by atoms with Gasteiger partial charge in [-0.3, -0.25) is 19.5 Å². The van der Waals surface area contributed by atoms with Gasteiger partial charge in [-0.15, -0.1) is 0 Å².